The van der Waals surface area contributed by atoms with Crippen LogP contribution < -0.4 is 105 Å². The molecule has 10 aliphatic rings. The van der Waals surface area contributed by atoms with Gasteiger partial charge in [-0.25, -0.2) is 0 Å². The summed E-state index contributed by atoms with van der Waals surface area (Å²) in [7, 11) is 0. The summed E-state index contributed by atoms with van der Waals surface area (Å²) in [5, 5.41) is 175. The van der Waals surface area contributed by atoms with Gasteiger partial charge in [-0.3, -0.25) is 4.79 Å². The van der Waals surface area contributed by atoms with Crippen LogP contribution in [-0.4, -0.2) is 432 Å². The number of nitrogens with two attached hydrogens (primary N) is 12. The maximum absolute atomic E-state index is 13.8. The van der Waals surface area contributed by atoms with Gasteiger partial charge in [-0.1, -0.05) is 18.6 Å². The third kappa shape index (κ3) is 27.4. The number of aliphatic hydroxyl groups excluding tert-OH is 12. The second-order valence-corrected chi connectivity index (χ2v) is 41.0. The van der Waals surface area contributed by atoms with Crippen molar-refractivity contribution in [2.75, 3.05) is 113 Å². The van der Waals surface area contributed by atoms with Crippen LogP contribution in [0.5, 0.6) is 23.0 Å². The molecule has 9 fully saturated rings. The first-order valence-electron chi connectivity index (χ1n) is 47.9. The van der Waals surface area contributed by atoms with E-state index in [1.807, 2.05) is 24.3 Å². The van der Waals surface area contributed by atoms with Gasteiger partial charge in [0.05, 0.1) is 73.3 Å². The largest absolute Gasteiger partial charge is 0.508 e. The average molecular weight is 2090 g/mol. The van der Waals surface area contributed by atoms with Crippen LogP contribution in [0.2, 0.25) is 0 Å². The molecule has 141 heavy (non-hydrogen) atoms. The van der Waals surface area contributed by atoms with Crippen LogP contribution in [0.15, 0.2) is 60.7 Å². The quantitative estimate of drug-likeness (QED) is 0.0142. The number of phenolic OH excluding ortho intramolecular Hbond substituents is 2. The summed E-state index contributed by atoms with van der Waals surface area (Å²) in [6.07, 6.45) is -33.6. The predicted octanol–water partition coefficient (Wildman–Crippen LogP) is -10.00. The number of thiocarbonyl (C=S) groups is 3. The maximum atomic E-state index is 13.8. The Bertz CT molecular complexity index is 4410. The Kier molecular flexibility index (Phi) is 41.9. The third-order valence-electron chi connectivity index (χ3n) is 27.6. The van der Waals surface area contributed by atoms with Crippen molar-refractivity contribution >= 4 is 87.2 Å². The monoisotopic (exact) mass is 2090 g/mol. The van der Waals surface area contributed by atoms with Crippen LogP contribution in [0.25, 0.3) is 0 Å². The highest BCUT2D eigenvalue weighted by molar-refractivity contribution is 7.99. The van der Waals surface area contributed by atoms with Crippen LogP contribution in [-0.2, 0) is 72.0 Å². The molecule has 0 bridgehead atoms. The van der Waals surface area contributed by atoms with Gasteiger partial charge in [-0.15, -0.1) is 0 Å². The molecule has 39 atom stereocenters. The number of rotatable bonds is 44. The Labute approximate surface area is 840 Å². The molecular formula is C88H145N19O29S5. The minimum atomic E-state index is -1.62. The lowest BCUT2D eigenvalue weighted by Crippen LogP contribution is -2.68. The highest BCUT2D eigenvalue weighted by Gasteiger charge is 2.60. The molecule has 3 aromatic carbocycles. The Balaban J connectivity index is 0.586. The molecule has 53 heteroatoms. The summed E-state index contributed by atoms with van der Waals surface area (Å²) in [4.78, 5) is 16.2. The number of nitrogens with one attached hydrogen (secondary N) is 6. The molecule has 0 radical (unpaired) electrons. The molecule has 13 rings (SSSR count). The molecule has 48 nitrogen and oxygen atoms in total. The number of thioether (sulfide) groups is 2. The number of carbonyl (C=O) groups excluding carboxylic acids is 1. The molecule has 8 heterocycles. The molecule has 796 valence electrons. The van der Waals surface area contributed by atoms with Crippen molar-refractivity contribution in [2.45, 2.75) is 296 Å². The Hall–Kier alpha value is -5.18. The highest BCUT2D eigenvalue weighted by Crippen LogP contribution is 2.58. The summed E-state index contributed by atoms with van der Waals surface area (Å²) in [6.45, 7) is 3.41. The van der Waals surface area contributed by atoms with Crippen molar-refractivity contribution in [2.24, 2.45) is 74.7 Å². The van der Waals surface area contributed by atoms with Crippen molar-refractivity contribution in [3.8, 4) is 23.0 Å². The van der Waals surface area contributed by atoms with Crippen LogP contribution >= 0.6 is 60.2 Å². The summed E-state index contributed by atoms with van der Waals surface area (Å²) < 4.78 is 86.9. The summed E-state index contributed by atoms with van der Waals surface area (Å²) >= 11 is 20.1. The summed E-state index contributed by atoms with van der Waals surface area (Å²) in [5.74, 6) is -0.177. The van der Waals surface area contributed by atoms with E-state index in [1.165, 1.54) is 47.8 Å². The standard InChI is InChI=1S/C88H145N19O29S5/c89-30-51-61(111)42(34-108)57(97)79(124-51)132-74-55(128-83(70(74)120)134-76-62(112)45(93)27-47(95)72(76)130-80-58(98)67(117)64(114)52(31-90)125-80)35-140-24-19-105-86(138)102-17-6-22-107(20-4-1-2-15-103-87(139)106-38-9-7-37(8-10-38)41-29-88(136-78(41)122)43-13-11-39(109)25-49(43)123-50-26-40(110)12-14-44(50)88)21-5-3-16-101-85(137)104-18-23-141-36-56-75(133-82-60(100)69(119)66(116)54(33-92)127-82)71(121)84(129-56)135-77-63(113)46(94)28-48(96)73(77)131-81-59(99)68(118)65(115)53(32-91)126-81/h7-14,25-26,41-42,45-48,51-77,79-84,108-121H,1-6,15-24,27-36,89-100H2,(H2,101,104,137)(H2,102,105,138)(H2,103,106,139)/t41?,42?,45-,46-,47?,48?,51?,52?,53?,54?,55?,56?,57?,58?,59?,60?,61+,62?,63?,64-,65-,66-,67?,68?,69?,70?,71?,72-,73-,74?,75?,76?,77?,79-,80-,81-,82-,83?,84?/m1/s1. The Morgan fingerprint density at radius 3 is 1.23 bits per heavy atom. The fraction of sp³-hybridized carbons (Fsp3) is 0.750. The smallest absolute Gasteiger partial charge is 0.314 e. The number of fused-ring (bicyclic) bond motifs is 4. The van der Waals surface area contributed by atoms with E-state index in [0.717, 1.165) is 63.7 Å². The normalized spacial score (nSPS) is 38.3. The zero-order valence-corrected chi connectivity index (χ0v) is 82.1. The maximum Gasteiger partial charge on any atom is 0.314 e. The molecule has 1 spiro atoms. The van der Waals surface area contributed by atoms with Crippen LogP contribution in [0.3, 0.4) is 0 Å². The molecule has 44 N–H and O–H groups in total. The zero-order chi connectivity index (χ0) is 102. The van der Waals surface area contributed by atoms with Crippen LogP contribution in [0.1, 0.15) is 80.4 Å². The number of hydrogen-bond donors (Lipinski definition) is 32. The topological polar surface area (TPSA) is 817 Å². The number of unbranched alkanes of at least 4 members (excludes halogenated alkanes) is 3. The van der Waals surface area contributed by atoms with Crippen molar-refractivity contribution in [3.05, 3.63) is 77.4 Å². The van der Waals surface area contributed by atoms with Gasteiger partial charge in [0.1, 0.15) is 127 Å². The number of aliphatic hydroxyl groups is 12. The van der Waals surface area contributed by atoms with Crippen molar-refractivity contribution in [1.29, 1.82) is 0 Å². The lowest BCUT2D eigenvalue weighted by atomic mass is 9.77. The van der Waals surface area contributed by atoms with E-state index in [4.69, 9.17) is 172 Å². The molecule has 0 amide bonds. The molecule has 27 unspecified atom stereocenters. The van der Waals surface area contributed by atoms with E-state index >= 15 is 0 Å². The van der Waals surface area contributed by atoms with Gasteiger partial charge in [0.15, 0.2) is 58.7 Å². The van der Waals surface area contributed by atoms with Crippen molar-refractivity contribution in [3.63, 3.8) is 0 Å². The minimum absolute atomic E-state index is 0.0316. The van der Waals surface area contributed by atoms with Gasteiger partial charge < -0.3 is 243 Å². The first-order chi connectivity index (χ1) is 67.5. The van der Waals surface area contributed by atoms with E-state index in [9.17, 15) is 76.3 Å². The van der Waals surface area contributed by atoms with Gasteiger partial charge in [-0.05, 0) is 143 Å². The molecule has 8 aliphatic heterocycles. The summed E-state index contributed by atoms with van der Waals surface area (Å²) in [5.41, 5.74) is 76.4. The minimum Gasteiger partial charge on any atom is -0.508 e. The predicted molar refractivity (Wildman–Crippen MR) is 524 cm³/mol. The average Bonchev–Trinajstić information content (AvgIpc) is 1.56. The fourth-order valence-corrected chi connectivity index (χ4v) is 21.9. The second-order valence-electron chi connectivity index (χ2n) is 37.4. The number of ether oxygens (including phenoxy) is 14. The molecule has 0 aromatic heterocycles. The zero-order valence-electron chi connectivity index (χ0n) is 78.0. The number of esters is 1. The van der Waals surface area contributed by atoms with Gasteiger partial charge in [-0.2, -0.15) is 23.5 Å². The highest BCUT2D eigenvalue weighted by atomic mass is 32.2. The lowest BCUT2D eigenvalue weighted by Gasteiger charge is -2.47. The Morgan fingerprint density at radius 2 is 0.787 bits per heavy atom. The van der Waals surface area contributed by atoms with Gasteiger partial charge in [0.25, 0.3) is 0 Å². The number of hydrogen-bond acceptors (Lipinski definition) is 47. The van der Waals surface area contributed by atoms with Crippen molar-refractivity contribution in [1.82, 2.24) is 31.5 Å². The van der Waals surface area contributed by atoms with Crippen molar-refractivity contribution < 1.29 is 143 Å². The van der Waals surface area contributed by atoms with E-state index < -0.39 is 256 Å². The van der Waals surface area contributed by atoms with E-state index in [0.29, 0.717) is 87.9 Å². The molecule has 3 aromatic rings. The first-order valence-corrected chi connectivity index (χ1v) is 51.5. The van der Waals surface area contributed by atoms with E-state index in [-0.39, 0.29) is 68.4 Å². The molecular weight excluding hydrogens is 1950 g/mol. The van der Waals surface area contributed by atoms with Gasteiger partial charge in [0, 0.05) is 147 Å². The van der Waals surface area contributed by atoms with Crippen LogP contribution in [0, 0.1) is 5.92 Å². The van der Waals surface area contributed by atoms with Gasteiger partial charge in [0.2, 0.25) is 0 Å². The summed E-state index contributed by atoms with van der Waals surface area (Å²) in [6, 6.07) is 7.99. The first kappa shape index (κ1) is 113. The number of anilines is 1. The SMILES string of the molecule is NCC1O[C@H](O[C@@H]2C(N)C[C@@H](N)C(O)C2OC2OC(CSCCNC(=S)NCCCCN(CCCCCNC(=S)Nc3ccc(C4CC5(OC4=O)c4ccc(O)cc4Oc4cc(O)ccc45)cc3)CCCNC(=S)NCCSCC3OC(OC4C(O)[C@H](N)CC(N)[C@H]4O[C@H]4OC(CN)[C@@H](O)C(O)C4N)C(O)C3O[C@H]3OC(CN)[C@@H](O)C(CO)C3N)C(O[C@H]3OC(CN)[C@@H](O)C(O)C3N)C2O)C(N)C(O)[C@@H]1O. The van der Waals surface area contributed by atoms with Crippen LogP contribution in [0.4, 0.5) is 5.69 Å². The molecule has 2 aliphatic carbocycles. The number of nitrogens with zero attached hydrogens (tertiary/aromatic N) is 1. The van der Waals surface area contributed by atoms with E-state index in [2.05, 4.69) is 36.8 Å². The Morgan fingerprint density at radius 1 is 0.411 bits per heavy atom. The number of aromatic hydroxyl groups is 2. The third-order valence-corrected chi connectivity index (χ3v) is 30.6. The molecule has 2 saturated carbocycles. The fourth-order valence-electron chi connectivity index (χ4n) is 19.5. The number of benzene rings is 3. The molecule has 7 saturated heterocycles. The van der Waals surface area contributed by atoms with E-state index in [1.54, 1.807) is 12.1 Å². The lowest BCUT2D eigenvalue weighted by molar-refractivity contribution is -0.306. The van der Waals surface area contributed by atoms with Gasteiger partial charge >= 0.3 is 5.97 Å². The number of phenols is 2. The second kappa shape index (κ2) is 52.3. The number of carbonyl (C=O) groups is 1.